The van der Waals surface area contributed by atoms with E-state index in [1.807, 2.05) is 25.7 Å². The average molecular weight is 574 g/mol. The van der Waals surface area contributed by atoms with Crippen LogP contribution in [-0.2, 0) is 14.3 Å². The third-order valence-corrected chi connectivity index (χ3v) is 7.54. The first-order chi connectivity index (χ1) is 19.4. The molecule has 2 N–H and O–H groups in total. The second kappa shape index (κ2) is 13.0. The van der Waals surface area contributed by atoms with E-state index in [0.29, 0.717) is 19.6 Å². The first kappa shape index (κ1) is 30.4. The largest absolute Gasteiger partial charge is 0.444 e. The Kier molecular flexibility index (Phi) is 9.62. The van der Waals surface area contributed by atoms with Crippen LogP contribution in [0.25, 0.3) is 0 Å². The van der Waals surface area contributed by atoms with E-state index in [1.165, 1.54) is 6.07 Å². The van der Waals surface area contributed by atoms with E-state index in [-0.39, 0.29) is 35.7 Å². The predicted molar refractivity (Wildman–Crippen MR) is 149 cm³/mol. The summed E-state index contributed by atoms with van der Waals surface area (Å²) >= 11 is 0. The fourth-order valence-corrected chi connectivity index (χ4v) is 5.43. The van der Waals surface area contributed by atoms with Crippen LogP contribution in [0.15, 0.2) is 12.1 Å². The van der Waals surface area contributed by atoms with Crippen LogP contribution in [0.3, 0.4) is 0 Å². The van der Waals surface area contributed by atoms with Gasteiger partial charge in [0.25, 0.3) is 11.8 Å². The number of hydrogen-bond donors (Lipinski definition) is 2. The first-order valence-corrected chi connectivity index (χ1v) is 14.4. The molecule has 2 saturated heterocycles. The maximum absolute atomic E-state index is 15.1. The highest BCUT2D eigenvalue weighted by atomic mass is 19.1. The minimum absolute atomic E-state index is 0.0288. The molecule has 11 nitrogen and oxygen atoms in total. The third-order valence-electron chi connectivity index (χ3n) is 7.54. The highest BCUT2D eigenvalue weighted by Crippen LogP contribution is 2.33. The lowest BCUT2D eigenvalue weighted by Gasteiger charge is -2.36. The summed E-state index contributed by atoms with van der Waals surface area (Å²) in [5, 5.41) is 4.94. The molecule has 41 heavy (non-hydrogen) atoms. The van der Waals surface area contributed by atoms with E-state index < -0.39 is 41.1 Å². The number of ether oxygens (including phenoxy) is 1. The van der Waals surface area contributed by atoms with Gasteiger partial charge in [0.2, 0.25) is 11.8 Å². The Bertz CT molecular complexity index is 1190. The summed E-state index contributed by atoms with van der Waals surface area (Å²) in [5.41, 5.74) is -0.194. The van der Waals surface area contributed by atoms with Crippen LogP contribution in [-0.4, -0.2) is 90.4 Å². The lowest BCUT2D eigenvalue weighted by molar-refractivity contribution is -0.136. The zero-order valence-corrected chi connectivity index (χ0v) is 24.1. The lowest BCUT2D eigenvalue weighted by atomic mass is 10.0. The predicted octanol–water partition coefficient (Wildman–Crippen LogP) is 2.82. The van der Waals surface area contributed by atoms with Gasteiger partial charge >= 0.3 is 6.09 Å². The molecule has 3 heterocycles. The van der Waals surface area contributed by atoms with Crippen molar-refractivity contribution in [2.75, 3.05) is 44.2 Å². The molecule has 5 amide bonds. The highest BCUT2D eigenvalue weighted by molar-refractivity contribution is 6.23. The van der Waals surface area contributed by atoms with Crippen LogP contribution >= 0.6 is 0 Å². The standard InChI is InChI=1S/C29H40FN5O6/c1-29(2,3)41-28(40)31-11-7-5-4-6-8-12-33-13-15-34(16-14-33)23-18-20-19(17-21(23)30)26(38)35(27(20)39)22-9-10-24(36)32-25(22)37/h17-18,22H,4-16H2,1-3H3,(H,31,40)(H,32,36,37). The second-order valence-corrected chi connectivity index (χ2v) is 11.8. The smallest absolute Gasteiger partial charge is 0.407 e. The molecule has 0 radical (unpaired) electrons. The summed E-state index contributed by atoms with van der Waals surface area (Å²) in [5.74, 6) is -3.07. The Labute approximate surface area is 239 Å². The van der Waals surface area contributed by atoms with E-state index in [4.69, 9.17) is 4.74 Å². The quantitative estimate of drug-likeness (QED) is 0.323. The molecular weight excluding hydrogens is 533 g/mol. The molecule has 0 aliphatic carbocycles. The molecule has 0 aromatic heterocycles. The number of carbonyl (C=O) groups excluding carboxylic acids is 5. The van der Waals surface area contributed by atoms with Crippen molar-refractivity contribution in [2.24, 2.45) is 0 Å². The number of benzene rings is 1. The van der Waals surface area contributed by atoms with E-state index in [9.17, 15) is 24.0 Å². The van der Waals surface area contributed by atoms with Gasteiger partial charge in [0, 0.05) is 39.1 Å². The van der Waals surface area contributed by atoms with Crippen molar-refractivity contribution in [1.82, 2.24) is 20.4 Å². The summed E-state index contributed by atoms with van der Waals surface area (Å²) in [6.07, 6.45) is 4.86. The number of nitrogens with one attached hydrogen (secondary N) is 2. The number of hydrogen-bond acceptors (Lipinski definition) is 8. The van der Waals surface area contributed by atoms with Gasteiger partial charge in [-0.3, -0.25) is 34.3 Å². The van der Waals surface area contributed by atoms with Crippen LogP contribution in [0.2, 0.25) is 0 Å². The summed E-state index contributed by atoms with van der Waals surface area (Å²) < 4.78 is 20.3. The molecule has 1 unspecified atom stereocenters. The molecule has 12 heteroatoms. The van der Waals surface area contributed by atoms with Gasteiger partial charge < -0.3 is 15.0 Å². The van der Waals surface area contributed by atoms with Gasteiger partial charge in [-0.1, -0.05) is 19.3 Å². The maximum atomic E-state index is 15.1. The summed E-state index contributed by atoms with van der Waals surface area (Å²) in [6.45, 7) is 9.75. The highest BCUT2D eigenvalue weighted by Gasteiger charge is 2.45. The van der Waals surface area contributed by atoms with Crippen LogP contribution < -0.4 is 15.5 Å². The van der Waals surface area contributed by atoms with Gasteiger partial charge in [-0.2, -0.15) is 0 Å². The zero-order valence-electron chi connectivity index (χ0n) is 24.1. The van der Waals surface area contributed by atoms with Gasteiger partial charge in [0.05, 0.1) is 16.8 Å². The topological polar surface area (TPSA) is 128 Å². The SMILES string of the molecule is CC(C)(C)OC(=O)NCCCCCCCN1CCN(c2cc3c(cc2F)C(=O)N(C2CCC(=O)NC2=O)C3=O)CC1. The average Bonchev–Trinajstić information content (AvgIpc) is 3.13. The minimum atomic E-state index is -1.08. The molecule has 0 bridgehead atoms. The Morgan fingerprint density at radius 3 is 2.27 bits per heavy atom. The molecule has 1 atom stereocenters. The lowest BCUT2D eigenvalue weighted by Crippen LogP contribution is -2.54. The number of alkyl carbamates (subject to hydrolysis) is 1. The van der Waals surface area contributed by atoms with Gasteiger partial charge in [0.15, 0.2) is 0 Å². The van der Waals surface area contributed by atoms with Crippen molar-refractivity contribution < 1.29 is 33.1 Å². The second-order valence-electron chi connectivity index (χ2n) is 11.8. The third kappa shape index (κ3) is 7.60. The Morgan fingerprint density at radius 2 is 1.61 bits per heavy atom. The molecule has 1 aromatic carbocycles. The monoisotopic (exact) mass is 573 g/mol. The number of unbranched alkanes of at least 4 members (excludes halogenated alkanes) is 4. The first-order valence-electron chi connectivity index (χ1n) is 14.4. The Hall–Kier alpha value is -3.54. The number of nitrogens with zero attached hydrogens (tertiary/aromatic N) is 3. The molecule has 1 aromatic rings. The van der Waals surface area contributed by atoms with Crippen molar-refractivity contribution in [2.45, 2.75) is 77.4 Å². The van der Waals surface area contributed by atoms with Gasteiger partial charge in [-0.15, -0.1) is 0 Å². The van der Waals surface area contributed by atoms with Crippen LogP contribution in [0.1, 0.15) is 86.4 Å². The summed E-state index contributed by atoms with van der Waals surface area (Å²) in [4.78, 5) is 66.5. The van der Waals surface area contributed by atoms with Crippen LogP contribution in [0, 0.1) is 5.82 Å². The molecule has 3 aliphatic heterocycles. The number of halogens is 1. The summed E-state index contributed by atoms with van der Waals surface area (Å²) in [7, 11) is 0. The molecule has 224 valence electrons. The maximum Gasteiger partial charge on any atom is 0.407 e. The van der Waals surface area contributed by atoms with Crippen molar-refractivity contribution >= 4 is 35.4 Å². The number of imide groups is 2. The van der Waals surface area contributed by atoms with E-state index in [1.54, 1.807) is 0 Å². The number of carbonyl (C=O) groups is 5. The number of piperidine rings is 1. The van der Waals surface area contributed by atoms with Crippen LogP contribution in [0.4, 0.5) is 14.9 Å². The van der Waals surface area contributed by atoms with Crippen molar-refractivity contribution in [1.29, 1.82) is 0 Å². The number of piperazine rings is 1. The van der Waals surface area contributed by atoms with Crippen LogP contribution in [0.5, 0.6) is 0 Å². The fraction of sp³-hybridized carbons (Fsp3) is 0.621. The van der Waals surface area contributed by atoms with Crippen molar-refractivity contribution in [3.63, 3.8) is 0 Å². The minimum Gasteiger partial charge on any atom is -0.444 e. The normalized spacial score (nSPS) is 19.9. The Morgan fingerprint density at radius 1 is 0.976 bits per heavy atom. The molecule has 2 fully saturated rings. The van der Waals surface area contributed by atoms with E-state index in [0.717, 1.165) is 62.7 Å². The molecule has 3 aliphatic rings. The molecule has 0 spiro atoms. The van der Waals surface area contributed by atoms with E-state index in [2.05, 4.69) is 15.5 Å². The van der Waals surface area contributed by atoms with Gasteiger partial charge in [-0.05, 0) is 58.7 Å². The number of amides is 5. The van der Waals surface area contributed by atoms with Gasteiger partial charge in [-0.25, -0.2) is 9.18 Å². The number of anilines is 1. The number of rotatable bonds is 10. The summed E-state index contributed by atoms with van der Waals surface area (Å²) in [6, 6.07) is 1.43. The van der Waals surface area contributed by atoms with Gasteiger partial charge in [0.1, 0.15) is 17.5 Å². The molecular formula is C29H40FN5O6. The fourth-order valence-electron chi connectivity index (χ4n) is 5.43. The zero-order chi connectivity index (χ0) is 29.7. The Balaban J connectivity index is 1.19. The van der Waals surface area contributed by atoms with Crippen molar-refractivity contribution in [3.05, 3.63) is 29.1 Å². The van der Waals surface area contributed by atoms with E-state index >= 15 is 4.39 Å². The van der Waals surface area contributed by atoms with Crippen molar-refractivity contribution in [3.8, 4) is 0 Å². The molecule has 4 rings (SSSR count). The molecule has 0 saturated carbocycles. The number of fused-ring (bicyclic) bond motifs is 1.